The third-order valence-corrected chi connectivity index (χ3v) is 8.74. The minimum absolute atomic E-state index is 0.0207. The van der Waals surface area contributed by atoms with Gasteiger partial charge in [0.05, 0.1) is 64.9 Å². The van der Waals surface area contributed by atoms with Gasteiger partial charge in [-0.25, -0.2) is 9.97 Å². The Bertz CT molecular complexity index is 1600. The molecule has 2 aromatic carbocycles. The molecule has 1 aliphatic heterocycles. The maximum Gasteiger partial charge on any atom is 0.234 e. The second kappa shape index (κ2) is 16.7. The average molecular weight is 650 g/mol. The molecule has 2 N–H and O–H groups in total. The Hall–Kier alpha value is -3.81. The molecule has 1 unspecified atom stereocenters. The molecule has 5 rings (SSSR count). The largest absolute Gasteiger partial charge is 0.493 e. The first-order chi connectivity index (χ1) is 22.4. The van der Waals surface area contributed by atoms with Crippen LogP contribution >= 0.6 is 11.3 Å². The van der Waals surface area contributed by atoms with Crippen LogP contribution in [-0.4, -0.2) is 94.3 Å². The fourth-order valence-corrected chi connectivity index (χ4v) is 6.27. The van der Waals surface area contributed by atoms with Crippen molar-refractivity contribution in [1.82, 2.24) is 20.2 Å². The molecule has 12 heteroatoms. The lowest BCUT2D eigenvalue weighted by Crippen LogP contribution is -2.36. The van der Waals surface area contributed by atoms with Crippen molar-refractivity contribution < 1.29 is 28.5 Å². The van der Waals surface area contributed by atoms with E-state index in [9.17, 15) is 4.79 Å². The van der Waals surface area contributed by atoms with E-state index in [1.54, 1.807) is 18.4 Å². The van der Waals surface area contributed by atoms with Gasteiger partial charge in [-0.3, -0.25) is 9.69 Å². The van der Waals surface area contributed by atoms with Crippen LogP contribution in [0.1, 0.15) is 29.2 Å². The first-order valence-electron chi connectivity index (χ1n) is 15.5. The van der Waals surface area contributed by atoms with E-state index in [0.717, 1.165) is 32.7 Å². The molecule has 0 radical (unpaired) electrons. The number of amides is 1. The van der Waals surface area contributed by atoms with Gasteiger partial charge >= 0.3 is 0 Å². The maximum absolute atomic E-state index is 12.5. The molecule has 1 aliphatic rings. The van der Waals surface area contributed by atoms with Crippen molar-refractivity contribution in [3.63, 3.8) is 0 Å². The smallest absolute Gasteiger partial charge is 0.234 e. The van der Waals surface area contributed by atoms with Gasteiger partial charge in [0, 0.05) is 34.3 Å². The number of methoxy groups -OCH3 is 1. The van der Waals surface area contributed by atoms with Crippen LogP contribution in [0, 0.1) is 6.92 Å². The number of benzene rings is 2. The monoisotopic (exact) mass is 649 g/mol. The van der Waals surface area contributed by atoms with E-state index in [-0.39, 0.29) is 11.9 Å². The standard InChI is InChI=1S/C34H43N5O6S/c1-23-31-9-10-32(46-31)26-8-6-5-7-25(26)21-39(3)22-33(40)35-11-12-42-13-14-43-15-16-44-17-18-45-30-19-27-28(20-29(30)41-4)37-24(2)38-34(27)36-23/h5-10,19-20,23H,11-18,21-22H2,1-4H3,(H,35,40)(H,36,37,38). The SMILES string of the molecule is COc1cc2nc(C)nc3c2cc1OCCOCCOCCOCCNC(=O)CN(C)Cc1ccccc1-c1ccc(s1)C(C)N3. The average Bonchev–Trinajstić information content (AvgIpc) is 3.53. The second-order valence-corrected chi connectivity index (χ2v) is 12.2. The van der Waals surface area contributed by atoms with Gasteiger partial charge in [0.25, 0.3) is 0 Å². The number of thiophene rings is 1. The number of carbonyl (C=O) groups excluding carboxylic acids is 1. The van der Waals surface area contributed by atoms with Crippen molar-refractivity contribution in [3.05, 3.63) is 64.8 Å². The zero-order valence-electron chi connectivity index (χ0n) is 27.0. The zero-order valence-corrected chi connectivity index (χ0v) is 27.8. The van der Waals surface area contributed by atoms with E-state index in [2.05, 4.69) is 52.9 Å². The first kappa shape index (κ1) is 33.6. The topological polar surface area (TPSA) is 116 Å². The number of rotatable bonds is 1. The van der Waals surface area contributed by atoms with Gasteiger partial charge < -0.3 is 34.3 Å². The molecule has 0 fully saturated rings. The highest BCUT2D eigenvalue weighted by Crippen LogP contribution is 2.38. The molecule has 0 saturated carbocycles. The van der Waals surface area contributed by atoms with Gasteiger partial charge in [0.15, 0.2) is 11.5 Å². The Morgan fingerprint density at radius 1 is 0.935 bits per heavy atom. The summed E-state index contributed by atoms with van der Waals surface area (Å²) in [7, 11) is 3.58. The summed E-state index contributed by atoms with van der Waals surface area (Å²) in [4.78, 5) is 26.3. The predicted octanol–water partition coefficient (Wildman–Crippen LogP) is 4.84. The molecule has 2 aromatic heterocycles. The lowest BCUT2D eigenvalue weighted by molar-refractivity contribution is -0.122. The molecule has 1 amide bonds. The van der Waals surface area contributed by atoms with Gasteiger partial charge in [-0.1, -0.05) is 24.3 Å². The highest BCUT2D eigenvalue weighted by molar-refractivity contribution is 7.15. The lowest BCUT2D eigenvalue weighted by Gasteiger charge is -2.18. The Balaban J connectivity index is 1.39. The van der Waals surface area contributed by atoms with E-state index < -0.39 is 0 Å². The number of aromatic nitrogens is 2. The van der Waals surface area contributed by atoms with Crippen LogP contribution in [0.3, 0.4) is 0 Å². The highest BCUT2D eigenvalue weighted by Gasteiger charge is 2.18. The van der Waals surface area contributed by atoms with Crippen LogP contribution in [0.4, 0.5) is 5.82 Å². The van der Waals surface area contributed by atoms with E-state index >= 15 is 0 Å². The highest BCUT2D eigenvalue weighted by atomic mass is 32.1. The molecular weight excluding hydrogens is 606 g/mol. The molecule has 3 heterocycles. The number of likely N-dealkylation sites (N-methyl/N-ethyl adjacent to an activating group) is 1. The number of hydrogen-bond donors (Lipinski definition) is 2. The van der Waals surface area contributed by atoms with Gasteiger partial charge in [0.1, 0.15) is 18.2 Å². The predicted molar refractivity (Wildman–Crippen MR) is 180 cm³/mol. The summed E-state index contributed by atoms with van der Waals surface area (Å²) in [5.41, 5.74) is 3.08. The Labute approximate surface area is 274 Å². The fraction of sp³-hybridized carbons (Fsp3) is 0.441. The normalized spacial score (nSPS) is 18.4. The summed E-state index contributed by atoms with van der Waals surface area (Å²) in [6.07, 6.45) is 0. The number of anilines is 1. The molecule has 1 atom stereocenters. The molecule has 0 saturated heterocycles. The van der Waals surface area contributed by atoms with Gasteiger partial charge in [0.2, 0.25) is 5.91 Å². The van der Waals surface area contributed by atoms with Crippen molar-refractivity contribution in [1.29, 1.82) is 0 Å². The van der Waals surface area contributed by atoms with E-state index in [1.807, 2.05) is 37.1 Å². The third-order valence-electron chi connectivity index (χ3n) is 7.43. The molecular formula is C34H43N5O6S. The van der Waals surface area contributed by atoms with Crippen molar-refractivity contribution in [2.75, 3.05) is 78.8 Å². The van der Waals surface area contributed by atoms with Crippen molar-refractivity contribution >= 4 is 34.0 Å². The zero-order chi connectivity index (χ0) is 32.3. The summed E-state index contributed by atoms with van der Waals surface area (Å²) in [5.74, 6) is 2.54. The minimum atomic E-state index is -0.0366. The minimum Gasteiger partial charge on any atom is -0.493 e. The third kappa shape index (κ3) is 9.14. The van der Waals surface area contributed by atoms with Gasteiger partial charge in [-0.2, -0.15) is 0 Å². The second-order valence-electron chi connectivity index (χ2n) is 11.1. The number of nitrogens with zero attached hydrogens (tertiary/aromatic N) is 3. The Morgan fingerprint density at radius 2 is 1.67 bits per heavy atom. The molecule has 246 valence electrons. The first-order valence-corrected chi connectivity index (χ1v) is 16.3. The number of fused-ring (bicyclic) bond motifs is 5. The molecule has 0 aliphatic carbocycles. The van der Waals surface area contributed by atoms with E-state index in [0.29, 0.717) is 83.2 Å². The molecule has 4 aromatic rings. The van der Waals surface area contributed by atoms with Crippen molar-refractivity contribution in [3.8, 4) is 21.9 Å². The van der Waals surface area contributed by atoms with Crippen LogP contribution in [-0.2, 0) is 25.5 Å². The molecule has 0 spiro atoms. The molecule has 46 heavy (non-hydrogen) atoms. The number of hydrogen-bond acceptors (Lipinski definition) is 11. The van der Waals surface area contributed by atoms with Gasteiger partial charge in [-0.15, -0.1) is 11.3 Å². The summed E-state index contributed by atoms with van der Waals surface area (Å²) in [6, 6.07) is 16.5. The summed E-state index contributed by atoms with van der Waals surface area (Å²) >= 11 is 1.74. The Morgan fingerprint density at radius 3 is 2.46 bits per heavy atom. The Kier molecular flexibility index (Phi) is 12.2. The van der Waals surface area contributed by atoms with Crippen LogP contribution in [0.5, 0.6) is 11.5 Å². The van der Waals surface area contributed by atoms with Crippen LogP contribution in [0.2, 0.25) is 0 Å². The maximum atomic E-state index is 12.5. The summed E-state index contributed by atoms with van der Waals surface area (Å²) in [5, 5.41) is 7.39. The van der Waals surface area contributed by atoms with Crippen LogP contribution in [0.25, 0.3) is 21.3 Å². The van der Waals surface area contributed by atoms with Crippen LogP contribution in [0.15, 0.2) is 48.5 Å². The molecule has 11 nitrogen and oxygen atoms in total. The number of nitrogens with one attached hydrogen (secondary N) is 2. The number of carbonyl (C=O) groups is 1. The van der Waals surface area contributed by atoms with Crippen molar-refractivity contribution in [2.45, 2.75) is 26.4 Å². The van der Waals surface area contributed by atoms with E-state index in [4.69, 9.17) is 28.7 Å². The van der Waals surface area contributed by atoms with E-state index in [1.165, 1.54) is 4.88 Å². The van der Waals surface area contributed by atoms with Crippen molar-refractivity contribution in [2.24, 2.45) is 0 Å². The number of ether oxygens (including phenoxy) is 5. The van der Waals surface area contributed by atoms with Crippen LogP contribution < -0.4 is 20.1 Å². The number of aryl methyl sites for hydroxylation is 1. The quantitative estimate of drug-likeness (QED) is 0.297. The fourth-order valence-electron chi connectivity index (χ4n) is 5.20. The lowest BCUT2D eigenvalue weighted by atomic mass is 10.1. The molecule has 4 bridgehead atoms. The summed E-state index contributed by atoms with van der Waals surface area (Å²) < 4.78 is 28.5. The summed E-state index contributed by atoms with van der Waals surface area (Å²) in [6.45, 7) is 8.34. The van der Waals surface area contributed by atoms with Gasteiger partial charge in [-0.05, 0) is 50.2 Å².